The molecule has 0 radical (unpaired) electrons. The van der Waals surface area contributed by atoms with Gasteiger partial charge in [0.1, 0.15) is 0 Å². The molecule has 2 heterocycles. The number of nitrogens with one attached hydrogen (secondary N) is 1. The average molecular weight is 637 g/mol. The molecule has 4 unspecified atom stereocenters. The molecule has 1 amide bonds. The van der Waals surface area contributed by atoms with Crippen molar-refractivity contribution in [3.8, 4) is 0 Å². The van der Waals surface area contributed by atoms with E-state index in [1.807, 2.05) is 48.5 Å². The summed E-state index contributed by atoms with van der Waals surface area (Å²) >= 11 is 0. The van der Waals surface area contributed by atoms with Crippen molar-refractivity contribution in [2.45, 2.75) is 147 Å². The van der Waals surface area contributed by atoms with Gasteiger partial charge in [-0.1, -0.05) is 120 Å². The monoisotopic (exact) mass is 636 g/mol. The summed E-state index contributed by atoms with van der Waals surface area (Å²) in [5.74, 6) is 0.0505. The second-order valence-corrected chi connectivity index (χ2v) is 13.5. The molecule has 2 fully saturated rings. The number of anilines is 1. The van der Waals surface area contributed by atoms with Gasteiger partial charge in [0.15, 0.2) is 6.29 Å². The number of hydrogen-bond donors (Lipinski definition) is 3. The summed E-state index contributed by atoms with van der Waals surface area (Å²) < 4.78 is 13.1. The van der Waals surface area contributed by atoms with Crippen LogP contribution in [-0.2, 0) is 20.9 Å². The van der Waals surface area contributed by atoms with E-state index in [0.717, 1.165) is 61.2 Å². The molecule has 2 aromatic carbocycles. The van der Waals surface area contributed by atoms with Crippen molar-refractivity contribution in [2.75, 3.05) is 25.0 Å². The third-order valence-corrected chi connectivity index (χ3v) is 9.71. The van der Waals surface area contributed by atoms with Crippen molar-refractivity contribution in [1.82, 2.24) is 4.90 Å². The Balaban J connectivity index is 1.23. The molecule has 0 saturated carbocycles. The van der Waals surface area contributed by atoms with Crippen LogP contribution in [0, 0.1) is 0 Å². The highest BCUT2D eigenvalue weighted by Crippen LogP contribution is 2.39. The van der Waals surface area contributed by atoms with Crippen molar-refractivity contribution in [1.29, 1.82) is 0 Å². The number of aliphatic hydroxyl groups excluding tert-OH is 2. The zero-order chi connectivity index (χ0) is 32.4. The molecule has 46 heavy (non-hydrogen) atoms. The van der Waals surface area contributed by atoms with Crippen molar-refractivity contribution in [3.63, 3.8) is 0 Å². The van der Waals surface area contributed by atoms with Crippen molar-refractivity contribution in [2.24, 2.45) is 0 Å². The highest BCUT2D eigenvalue weighted by Gasteiger charge is 2.35. The number of aliphatic hydroxyl groups is 2. The Morgan fingerprint density at radius 1 is 0.848 bits per heavy atom. The Bertz CT molecular complexity index is 1130. The van der Waals surface area contributed by atoms with Gasteiger partial charge in [0.25, 0.3) is 0 Å². The average Bonchev–Trinajstić information content (AvgIpc) is 3.53. The van der Waals surface area contributed by atoms with Crippen molar-refractivity contribution < 1.29 is 24.5 Å². The second-order valence-electron chi connectivity index (χ2n) is 13.5. The number of ether oxygens (including phenoxy) is 2. The highest BCUT2D eigenvalue weighted by molar-refractivity contribution is 5.90. The SMILES string of the molecule is CCCCCCCCCCCCCCCC(=O)Nc1cccc(C2OC(CN3CCCC3CO)CC(c3ccc(CO)cc3)O2)c1. The van der Waals surface area contributed by atoms with Gasteiger partial charge in [-0.2, -0.15) is 0 Å². The molecule has 0 bridgehead atoms. The topological polar surface area (TPSA) is 91.3 Å². The summed E-state index contributed by atoms with van der Waals surface area (Å²) in [5, 5.41) is 22.5. The number of carbonyl (C=O) groups is 1. The lowest BCUT2D eigenvalue weighted by molar-refractivity contribution is -0.253. The molecule has 0 spiro atoms. The van der Waals surface area contributed by atoms with Crippen LogP contribution in [-0.4, -0.2) is 52.9 Å². The van der Waals surface area contributed by atoms with E-state index in [0.29, 0.717) is 12.8 Å². The van der Waals surface area contributed by atoms with Gasteiger partial charge in [0.05, 0.1) is 25.4 Å². The summed E-state index contributed by atoms with van der Waals surface area (Å²) in [6.45, 7) is 4.15. The molecular formula is C39H60N2O5. The van der Waals surface area contributed by atoms with Crippen LogP contribution >= 0.6 is 0 Å². The molecule has 7 nitrogen and oxygen atoms in total. The molecule has 2 saturated heterocycles. The first-order valence-corrected chi connectivity index (χ1v) is 18.3. The van der Waals surface area contributed by atoms with Gasteiger partial charge in [-0.25, -0.2) is 0 Å². The number of likely N-dealkylation sites (tertiary alicyclic amines) is 1. The third-order valence-electron chi connectivity index (χ3n) is 9.71. The number of rotatable bonds is 21. The van der Waals surface area contributed by atoms with Crippen LogP contribution in [0.1, 0.15) is 145 Å². The van der Waals surface area contributed by atoms with E-state index < -0.39 is 6.29 Å². The predicted molar refractivity (Wildman–Crippen MR) is 185 cm³/mol. The largest absolute Gasteiger partial charge is 0.395 e. The summed E-state index contributed by atoms with van der Waals surface area (Å²) in [5.41, 5.74) is 3.56. The quantitative estimate of drug-likeness (QED) is 0.119. The number of benzene rings is 2. The Labute approximate surface area is 278 Å². The van der Waals surface area contributed by atoms with E-state index in [1.165, 1.54) is 70.6 Å². The Morgan fingerprint density at radius 3 is 2.17 bits per heavy atom. The van der Waals surface area contributed by atoms with Crippen molar-refractivity contribution in [3.05, 3.63) is 65.2 Å². The van der Waals surface area contributed by atoms with Crippen LogP contribution < -0.4 is 5.32 Å². The Morgan fingerprint density at radius 2 is 1.52 bits per heavy atom. The first-order chi connectivity index (χ1) is 22.6. The normalized spacial score (nSPS) is 21.9. The van der Waals surface area contributed by atoms with E-state index in [1.54, 1.807) is 0 Å². The zero-order valence-electron chi connectivity index (χ0n) is 28.3. The molecule has 4 rings (SSSR count). The molecule has 0 aromatic heterocycles. The van der Waals surface area contributed by atoms with Gasteiger partial charge >= 0.3 is 0 Å². The van der Waals surface area contributed by atoms with Crippen LogP contribution in [0.5, 0.6) is 0 Å². The van der Waals surface area contributed by atoms with E-state index in [4.69, 9.17) is 9.47 Å². The van der Waals surface area contributed by atoms with E-state index >= 15 is 0 Å². The molecule has 4 atom stereocenters. The fourth-order valence-electron chi connectivity index (χ4n) is 6.93. The smallest absolute Gasteiger partial charge is 0.224 e. The van der Waals surface area contributed by atoms with Crippen LogP contribution in [0.25, 0.3) is 0 Å². The van der Waals surface area contributed by atoms with Gasteiger partial charge < -0.3 is 25.0 Å². The minimum atomic E-state index is -0.575. The number of hydrogen-bond acceptors (Lipinski definition) is 6. The standard InChI is InChI=1S/C39H60N2O5/c1-2-3-4-5-6-7-8-9-10-11-12-13-14-20-38(44)40-34-18-15-17-33(26-34)39-45-36(28-41-25-16-19-35(41)30-43)27-37(46-39)32-23-21-31(29-42)22-24-32/h15,17-18,21-24,26,35-37,39,42-43H,2-14,16,19-20,25,27-30H2,1H3,(H,40,44). The summed E-state index contributed by atoms with van der Waals surface area (Å²) in [7, 11) is 0. The van der Waals surface area contributed by atoms with Crippen molar-refractivity contribution >= 4 is 11.6 Å². The lowest BCUT2D eigenvalue weighted by Crippen LogP contribution is -2.42. The second kappa shape index (κ2) is 20.8. The zero-order valence-corrected chi connectivity index (χ0v) is 28.3. The minimum Gasteiger partial charge on any atom is -0.395 e. The number of unbranched alkanes of at least 4 members (excludes halogenated alkanes) is 12. The molecular weight excluding hydrogens is 576 g/mol. The number of amides is 1. The summed E-state index contributed by atoms with van der Waals surface area (Å²) in [6.07, 6.45) is 19.3. The van der Waals surface area contributed by atoms with Gasteiger partial charge in [0.2, 0.25) is 5.91 Å². The molecule has 3 N–H and O–H groups in total. The maximum Gasteiger partial charge on any atom is 0.224 e. The maximum atomic E-state index is 12.8. The Hall–Kier alpha value is -2.29. The van der Waals surface area contributed by atoms with Gasteiger partial charge in [0, 0.05) is 36.7 Å². The molecule has 7 heteroatoms. The summed E-state index contributed by atoms with van der Waals surface area (Å²) in [6, 6.07) is 15.9. The van der Waals surface area contributed by atoms with E-state index in [2.05, 4.69) is 17.1 Å². The molecule has 2 aliphatic rings. The van der Waals surface area contributed by atoms with E-state index in [-0.39, 0.29) is 37.4 Å². The lowest BCUT2D eigenvalue weighted by atomic mass is 9.99. The molecule has 256 valence electrons. The molecule has 2 aromatic rings. The third kappa shape index (κ3) is 12.4. The van der Waals surface area contributed by atoms with Gasteiger partial charge in [-0.3, -0.25) is 9.69 Å². The fraction of sp³-hybridized carbons (Fsp3) is 0.667. The maximum absolute atomic E-state index is 12.8. The first kappa shape index (κ1) is 36.5. The fourth-order valence-corrected chi connectivity index (χ4v) is 6.93. The van der Waals surface area contributed by atoms with Crippen LogP contribution in [0.2, 0.25) is 0 Å². The van der Waals surface area contributed by atoms with Crippen LogP contribution in [0.15, 0.2) is 48.5 Å². The predicted octanol–water partition coefficient (Wildman–Crippen LogP) is 8.60. The molecule has 2 aliphatic heterocycles. The summed E-state index contributed by atoms with van der Waals surface area (Å²) in [4.78, 5) is 15.1. The minimum absolute atomic E-state index is 0.00947. The van der Waals surface area contributed by atoms with Gasteiger partial charge in [-0.15, -0.1) is 0 Å². The van der Waals surface area contributed by atoms with E-state index in [9.17, 15) is 15.0 Å². The van der Waals surface area contributed by atoms with Crippen LogP contribution in [0.3, 0.4) is 0 Å². The number of carbonyl (C=O) groups excluding carboxylic acids is 1. The van der Waals surface area contributed by atoms with Crippen LogP contribution in [0.4, 0.5) is 5.69 Å². The first-order valence-electron chi connectivity index (χ1n) is 18.3. The number of nitrogens with zero attached hydrogens (tertiary/aromatic N) is 1. The lowest BCUT2D eigenvalue weighted by Gasteiger charge is -2.38. The van der Waals surface area contributed by atoms with Gasteiger partial charge in [-0.05, 0) is 49.1 Å². The molecule has 0 aliphatic carbocycles. The Kier molecular flexibility index (Phi) is 16.6. The highest BCUT2D eigenvalue weighted by atomic mass is 16.7.